The summed E-state index contributed by atoms with van der Waals surface area (Å²) in [6.45, 7) is 0.289. The van der Waals surface area contributed by atoms with Crippen LogP contribution >= 0.6 is 27.7 Å². The maximum Gasteiger partial charge on any atom is 0.323 e. The van der Waals surface area contributed by atoms with Crippen molar-refractivity contribution in [2.45, 2.75) is 11.7 Å². The molecule has 34 heavy (non-hydrogen) atoms. The molecule has 3 aromatic heterocycles. The molecule has 0 radical (unpaired) electrons. The number of rotatable bonds is 6. The number of fused-ring (bicyclic) bond motifs is 2. The highest BCUT2D eigenvalue weighted by molar-refractivity contribution is 9.10. The summed E-state index contributed by atoms with van der Waals surface area (Å²) in [4.78, 5) is 51.6. The summed E-state index contributed by atoms with van der Waals surface area (Å²) in [6, 6.07) is 14.2. The second-order valence-corrected chi connectivity index (χ2v) is 9.25. The number of carbonyl (C=O) groups is 1. The molecule has 0 fully saturated rings. The number of aromatic amines is 2. The van der Waals surface area contributed by atoms with Crippen molar-refractivity contribution in [1.82, 2.24) is 24.5 Å². The van der Waals surface area contributed by atoms with Crippen molar-refractivity contribution in [3.05, 3.63) is 91.8 Å². The lowest BCUT2D eigenvalue weighted by molar-refractivity contribution is -0.113. The molecule has 0 aliphatic rings. The Morgan fingerprint density at radius 1 is 1.09 bits per heavy atom. The van der Waals surface area contributed by atoms with E-state index in [4.69, 9.17) is 0 Å². The van der Waals surface area contributed by atoms with E-state index in [0.29, 0.717) is 37.3 Å². The number of imidazole rings is 1. The van der Waals surface area contributed by atoms with Gasteiger partial charge in [-0.1, -0.05) is 30.0 Å². The van der Waals surface area contributed by atoms with Crippen LogP contribution in [0.3, 0.4) is 0 Å². The van der Waals surface area contributed by atoms with Crippen LogP contribution in [-0.2, 0) is 11.3 Å². The van der Waals surface area contributed by atoms with Gasteiger partial charge in [-0.2, -0.15) is 0 Å². The first-order valence-electron chi connectivity index (χ1n) is 10.2. The number of thioether (sulfide) groups is 1. The van der Waals surface area contributed by atoms with Gasteiger partial charge in [0.15, 0.2) is 5.16 Å². The Labute approximate surface area is 204 Å². The minimum Gasteiger partial charge on any atom is -0.324 e. The zero-order chi connectivity index (χ0) is 23.7. The van der Waals surface area contributed by atoms with Crippen LogP contribution in [-0.4, -0.2) is 36.2 Å². The number of hydrogen-bond donors (Lipinski definition) is 3. The number of aromatic nitrogens is 5. The van der Waals surface area contributed by atoms with Crippen LogP contribution < -0.4 is 16.6 Å². The maximum atomic E-state index is 13.2. The summed E-state index contributed by atoms with van der Waals surface area (Å²) in [5.74, 6) is -0.246. The molecule has 5 aromatic rings. The van der Waals surface area contributed by atoms with Gasteiger partial charge in [0.25, 0.3) is 5.56 Å². The summed E-state index contributed by atoms with van der Waals surface area (Å²) < 4.78 is 2.19. The molecule has 9 nitrogen and oxygen atoms in total. The molecule has 0 unspecified atom stereocenters. The molecule has 5 rings (SSSR count). The predicted molar refractivity (Wildman–Crippen MR) is 135 cm³/mol. The Bertz CT molecular complexity index is 1640. The van der Waals surface area contributed by atoms with Gasteiger partial charge < -0.3 is 15.3 Å². The van der Waals surface area contributed by atoms with E-state index in [9.17, 15) is 14.4 Å². The second-order valence-electron chi connectivity index (χ2n) is 7.46. The standard InChI is InChI=1S/C23H17BrN6O3S/c24-15-8-18-19(28-22(33)27-18)9-17(15)26-20(31)12-34-23-29-16-6-2-1-5-14(16)21(32)30(23)11-13-4-3-7-25-10-13/h1-10H,11-12H2,(H,26,31)(H2,27,28,33). The molecule has 170 valence electrons. The first-order chi connectivity index (χ1) is 16.5. The van der Waals surface area contributed by atoms with Gasteiger partial charge in [-0.05, 0) is 51.8 Å². The lowest BCUT2D eigenvalue weighted by Gasteiger charge is -2.13. The van der Waals surface area contributed by atoms with Gasteiger partial charge in [-0.3, -0.25) is 19.1 Å². The summed E-state index contributed by atoms with van der Waals surface area (Å²) in [5, 5.41) is 3.78. The van der Waals surface area contributed by atoms with Crippen LogP contribution in [0.15, 0.2) is 80.1 Å². The van der Waals surface area contributed by atoms with Crippen LogP contribution in [0.4, 0.5) is 5.69 Å². The monoisotopic (exact) mass is 536 g/mol. The summed E-state index contributed by atoms with van der Waals surface area (Å²) in [5.41, 5.74) is 2.65. The molecule has 0 spiro atoms. The Morgan fingerprint density at radius 2 is 1.88 bits per heavy atom. The third-order valence-corrected chi connectivity index (χ3v) is 6.73. The van der Waals surface area contributed by atoms with Crippen LogP contribution in [0.2, 0.25) is 0 Å². The first kappa shape index (κ1) is 22.1. The number of H-pyrrole nitrogens is 2. The fourth-order valence-corrected chi connectivity index (χ4v) is 4.78. The molecule has 3 heterocycles. The number of halogens is 1. The summed E-state index contributed by atoms with van der Waals surface area (Å²) in [6.07, 6.45) is 3.37. The summed E-state index contributed by atoms with van der Waals surface area (Å²) >= 11 is 4.59. The van der Waals surface area contributed by atoms with Crippen molar-refractivity contribution >= 4 is 61.2 Å². The number of nitrogens with zero attached hydrogens (tertiary/aromatic N) is 3. The molecule has 1 amide bonds. The van der Waals surface area contributed by atoms with Gasteiger partial charge in [0.1, 0.15) is 0 Å². The van der Waals surface area contributed by atoms with Crippen molar-refractivity contribution in [1.29, 1.82) is 0 Å². The lowest BCUT2D eigenvalue weighted by Crippen LogP contribution is -2.25. The predicted octanol–water partition coefficient (Wildman–Crippen LogP) is 3.50. The number of amides is 1. The highest BCUT2D eigenvalue weighted by Gasteiger charge is 2.15. The third kappa shape index (κ3) is 4.52. The van der Waals surface area contributed by atoms with E-state index >= 15 is 0 Å². The SMILES string of the molecule is O=C(CSc1nc2ccccc2c(=O)n1Cc1cccnc1)Nc1cc2[nH]c(=O)[nH]c2cc1Br. The zero-order valence-electron chi connectivity index (χ0n) is 17.5. The zero-order valence-corrected chi connectivity index (χ0v) is 19.9. The molecular weight excluding hydrogens is 520 g/mol. The van der Waals surface area contributed by atoms with Crippen molar-refractivity contribution in [3.8, 4) is 0 Å². The molecular formula is C23H17BrN6O3S. The molecule has 0 bridgehead atoms. The van der Waals surface area contributed by atoms with Gasteiger partial charge in [-0.15, -0.1) is 0 Å². The molecule has 0 saturated carbocycles. The Hall–Kier alpha value is -3.70. The molecule has 0 saturated heterocycles. The van der Waals surface area contributed by atoms with Crippen molar-refractivity contribution < 1.29 is 4.79 Å². The molecule has 3 N–H and O–H groups in total. The minimum atomic E-state index is -0.324. The maximum absolute atomic E-state index is 13.2. The third-order valence-electron chi connectivity index (χ3n) is 5.10. The van der Waals surface area contributed by atoms with E-state index < -0.39 is 0 Å². The molecule has 2 aromatic carbocycles. The van der Waals surface area contributed by atoms with Crippen LogP contribution in [0, 0.1) is 0 Å². The number of hydrogen-bond acceptors (Lipinski definition) is 6. The highest BCUT2D eigenvalue weighted by atomic mass is 79.9. The van der Waals surface area contributed by atoms with Gasteiger partial charge in [0.05, 0.1) is 39.9 Å². The quantitative estimate of drug-likeness (QED) is 0.225. The van der Waals surface area contributed by atoms with Crippen LogP contribution in [0.5, 0.6) is 0 Å². The average Bonchev–Trinajstić information content (AvgIpc) is 3.19. The van der Waals surface area contributed by atoms with E-state index in [1.807, 2.05) is 18.2 Å². The molecule has 0 atom stereocenters. The smallest absolute Gasteiger partial charge is 0.323 e. The minimum absolute atomic E-state index is 0.0337. The van der Waals surface area contributed by atoms with E-state index in [0.717, 1.165) is 5.56 Å². The van der Waals surface area contributed by atoms with Gasteiger partial charge in [0.2, 0.25) is 5.91 Å². The van der Waals surface area contributed by atoms with Gasteiger partial charge >= 0.3 is 5.69 Å². The van der Waals surface area contributed by atoms with E-state index in [-0.39, 0.29) is 29.5 Å². The number of nitrogens with one attached hydrogen (secondary N) is 3. The van der Waals surface area contributed by atoms with Crippen LogP contribution in [0.25, 0.3) is 21.9 Å². The Balaban J connectivity index is 1.41. The Kier molecular flexibility index (Phi) is 6.03. The fourth-order valence-electron chi connectivity index (χ4n) is 3.54. The molecule has 0 aliphatic heterocycles. The number of carbonyl (C=O) groups excluding carboxylic acids is 1. The number of anilines is 1. The van der Waals surface area contributed by atoms with Crippen molar-refractivity contribution in [3.63, 3.8) is 0 Å². The molecule has 11 heteroatoms. The number of para-hydroxylation sites is 1. The number of benzene rings is 2. The van der Waals surface area contributed by atoms with Crippen molar-refractivity contribution in [2.75, 3.05) is 11.1 Å². The average molecular weight is 537 g/mol. The van der Waals surface area contributed by atoms with Gasteiger partial charge in [-0.25, -0.2) is 9.78 Å². The second kappa shape index (κ2) is 9.27. The molecule has 0 aliphatic carbocycles. The Morgan fingerprint density at radius 3 is 2.68 bits per heavy atom. The van der Waals surface area contributed by atoms with Crippen LogP contribution in [0.1, 0.15) is 5.56 Å². The summed E-state index contributed by atoms with van der Waals surface area (Å²) in [7, 11) is 0. The van der Waals surface area contributed by atoms with Gasteiger partial charge in [0, 0.05) is 16.9 Å². The normalized spacial score (nSPS) is 11.2. The highest BCUT2D eigenvalue weighted by Crippen LogP contribution is 2.27. The largest absolute Gasteiger partial charge is 0.324 e. The van der Waals surface area contributed by atoms with E-state index in [2.05, 4.69) is 41.2 Å². The first-order valence-corrected chi connectivity index (χ1v) is 12.0. The topological polar surface area (TPSA) is 126 Å². The fraction of sp³-hybridized carbons (Fsp3) is 0.0870. The van der Waals surface area contributed by atoms with Crippen molar-refractivity contribution in [2.24, 2.45) is 0 Å². The number of pyridine rings is 1. The van der Waals surface area contributed by atoms with E-state index in [1.54, 1.807) is 47.3 Å². The lowest BCUT2D eigenvalue weighted by atomic mass is 10.2. The van der Waals surface area contributed by atoms with E-state index in [1.165, 1.54) is 11.8 Å².